The van der Waals surface area contributed by atoms with Crippen molar-refractivity contribution in [1.29, 1.82) is 0 Å². The van der Waals surface area contributed by atoms with Crippen LogP contribution in [0.1, 0.15) is 80.1 Å². The van der Waals surface area contributed by atoms with E-state index in [0.29, 0.717) is 0 Å². The van der Waals surface area contributed by atoms with E-state index in [1.54, 1.807) is 0 Å². The average molecular weight is 528 g/mol. The molecule has 35 heavy (non-hydrogen) atoms. The van der Waals surface area contributed by atoms with Gasteiger partial charge in [0.15, 0.2) is 13.4 Å². The fourth-order valence-electron chi connectivity index (χ4n) is 4.22. The number of hydrogen-bond acceptors (Lipinski definition) is 6. The lowest BCUT2D eigenvalue weighted by atomic mass is 9.77. The molecule has 0 spiro atoms. The van der Waals surface area contributed by atoms with Crippen molar-refractivity contribution in [2.75, 3.05) is 18.9 Å². The molecule has 0 aromatic heterocycles. The van der Waals surface area contributed by atoms with E-state index in [2.05, 4.69) is 47.4 Å². The van der Waals surface area contributed by atoms with Crippen molar-refractivity contribution < 1.29 is 23.5 Å². The summed E-state index contributed by atoms with van der Waals surface area (Å²) in [5.74, 6) is -0.667. The van der Waals surface area contributed by atoms with Gasteiger partial charge in [0.1, 0.15) is 13.2 Å². The summed E-state index contributed by atoms with van der Waals surface area (Å²) in [6.45, 7) is 20.3. The topological polar surface area (TPSA) is 72.9 Å². The molecular formula is C27H49NO5SSi. The van der Waals surface area contributed by atoms with Gasteiger partial charge in [-0.15, -0.1) is 0 Å². The van der Waals surface area contributed by atoms with E-state index >= 15 is 0 Å². The van der Waals surface area contributed by atoms with Gasteiger partial charge in [0.05, 0.1) is 18.1 Å². The van der Waals surface area contributed by atoms with Gasteiger partial charge >= 0.3 is 5.97 Å². The summed E-state index contributed by atoms with van der Waals surface area (Å²) in [7, 11) is -2.11. The van der Waals surface area contributed by atoms with Gasteiger partial charge in [-0.25, -0.2) is 0 Å². The molecule has 4 atom stereocenters. The van der Waals surface area contributed by atoms with Gasteiger partial charge in [-0.3, -0.25) is 14.4 Å². The van der Waals surface area contributed by atoms with Crippen molar-refractivity contribution in [3.63, 3.8) is 0 Å². The number of rotatable bonds is 16. The maximum absolute atomic E-state index is 13.2. The Labute approximate surface area is 219 Å². The minimum absolute atomic E-state index is 0.00610. The number of β-lactam (4-membered cyclic amide) rings is 1. The Morgan fingerprint density at radius 1 is 1.14 bits per heavy atom. The lowest BCUT2D eigenvalue weighted by molar-refractivity contribution is -0.174. The summed E-state index contributed by atoms with van der Waals surface area (Å²) in [6.07, 6.45) is 8.27. The number of unbranched alkanes of at least 4 members (excludes halogenated alkanes) is 5. The molecule has 0 aliphatic carbocycles. The van der Waals surface area contributed by atoms with Gasteiger partial charge in [0.2, 0.25) is 5.91 Å². The molecule has 6 nitrogen and oxygen atoms in total. The van der Waals surface area contributed by atoms with Gasteiger partial charge in [-0.1, -0.05) is 91.1 Å². The smallest absolute Gasteiger partial charge is 0.325 e. The summed E-state index contributed by atoms with van der Waals surface area (Å²) in [4.78, 5) is 40.1. The molecule has 0 saturated carbocycles. The third-order valence-electron chi connectivity index (χ3n) is 7.38. The number of likely N-dealkylation sites (tertiary alicyclic amines) is 1. The first-order chi connectivity index (χ1) is 16.3. The summed E-state index contributed by atoms with van der Waals surface area (Å²) in [5, 5.41) is 0.0802. The van der Waals surface area contributed by atoms with Gasteiger partial charge in [0.25, 0.3) is 0 Å². The quantitative estimate of drug-likeness (QED) is 0.0781. The fourth-order valence-corrected chi connectivity index (χ4v) is 6.60. The van der Waals surface area contributed by atoms with E-state index in [0.717, 1.165) is 18.6 Å². The zero-order valence-electron chi connectivity index (χ0n) is 23.4. The maximum Gasteiger partial charge on any atom is 0.325 e. The van der Waals surface area contributed by atoms with Crippen LogP contribution in [-0.2, 0) is 23.5 Å². The number of thioether (sulfide) groups is 1. The van der Waals surface area contributed by atoms with Crippen LogP contribution in [0.2, 0.25) is 18.1 Å². The number of carbonyl (C=O) groups excluding carboxylic acids is 3. The number of ether oxygens (including phenoxy) is 1. The molecule has 1 aliphatic heterocycles. The predicted molar refractivity (Wildman–Crippen MR) is 148 cm³/mol. The minimum atomic E-state index is -2.11. The Kier molecular flexibility index (Phi) is 13.3. The second-order valence-corrected chi connectivity index (χ2v) is 17.1. The van der Waals surface area contributed by atoms with Crippen molar-refractivity contribution in [2.45, 2.75) is 110 Å². The number of amides is 1. The van der Waals surface area contributed by atoms with Crippen molar-refractivity contribution in [3.8, 4) is 0 Å². The Bertz CT molecular complexity index is 721. The summed E-state index contributed by atoms with van der Waals surface area (Å²) < 4.78 is 11.7. The van der Waals surface area contributed by atoms with Crippen molar-refractivity contribution in [3.05, 3.63) is 12.7 Å². The molecule has 0 radical (unpaired) electrons. The SMILES string of the molecule is C=CCOC(=O)CN1C(=O)[C@H]([C@@H](C)O[Si](C)(C)C(C)(C)C)[C@H]1[C@@H](C)C(=O)SCCCCCCCC. The molecule has 1 fully saturated rings. The molecule has 1 heterocycles. The molecule has 0 N–H and O–H groups in total. The van der Waals surface area contributed by atoms with Crippen LogP contribution in [0.15, 0.2) is 12.7 Å². The predicted octanol–water partition coefficient (Wildman–Crippen LogP) is 6.21. The molecule has 0 aromatic carbocycles. The highest BCUT2D eigenvalue weighted by Crippen LogP contribution is 2.42. The van der Waals surface area contributed by atoms with E-state index in [1.165, 1.54) is 48.4 Å². The molecule has 1 rings (SSSR count). The van der Waals surface area contributed by atoms with E-state index in [-0.39, 0.29) is 47.3 Å². The second-order valence-electron chi connectivity index (χ2n) is 11.3. The summed E-state index contributed by atoms with van der Waals surface area (Å²) in [6, 6.07) is -0.372. The van der Waals surface area contributed by atoms with Gasteiger partial charge in [-0.05, 0) is 31.5 Å². The second kappa shape index (κ2) is 14.6. The van der Waals surface area contributed by atoms with Crippen LogP contribution in [0.25, 0.3) is 0 Å². The van der Waals surface area contributed by atoms with Crippen LogP contribution < -0.4 is 0 Å². The Hall–Kier alpha value is -1.12. The van der Waals surface area contributed by atoms with Crippen molar-refractivity contribution in [1.82, 2.24) is 4.90 Å². The monoisotopic (exact) mass is 527 g/mol. The van der Waals surface area contributed by atoms with Crippen LogP contribution >= 0.6 is 11.8 Å². The normalized spacial score (nSPS) is 20.2. The first-order valence-corrected chi connectivity index (χ1v) is 17.1. The van der Waals surface area contributed by atoms with Crippen LogP contribution in [-0.4, -0.2) is 61.3 Å². The van der Waals surface area contributed by atoms with Crippen LogP contribution in [0, 0.1) is 11.8 Å². The Balaban J connectivity index is 2.88. The van der Waals surface area contributed by atoms with Gasteiger partial charge in [-0.2, -0.15) is 0 Å². The van der Waals surface area contributed by atoms with E-state index in [9.17, 15) is 14.4 Å². The third-order valence-corrected chi connectivity index (χ3v) is 13.1. The zero-order chi connectivity index (χ0) is 26.8. The average Bonchev–Trinajstić information content (AvgIpc) is 2.76. The molecule has 1 amide bonds. The number of esters is 1. The molecule has 1 saturated heterocycles. The molecular weight excluding hydrogens is 478 g/mol. The zero-order valence-corrected chi connectivity index (χ0v) is 25.2. The molecule has 0 bridgehead atoms. The summed E-state index contributed by atoms with van der Waals surface area (Å²) in [5.41, 5.74) is 0. The first kappa shape index (κ1) is 31.9. The van der Waals surface area contributed by atoms with Crippen molar-refractivity contribution in [2.24, 2.45) is 11.8 Å². The highest BCUT2D eigenvalue weighted by molar-refractivity contribution is 8.13. The van der Waals surface area contributed by atoms with Crippen LogP contribution in [0.5, 0.6) is 0 Å². The van der Waals surface area contributed by atoms with Crippen molar-refractivity contribution >= 4 is 37.1 Å². The van der Waals surface area contributed by atoms with Crippen LogP contribution in [0.4, 0.5) is 0 Å². The number of nitrogens with zero attached hydrogens (tertiary/aromatic N) is 1. The molecule has 0 unspecified atom stereocenters. The number of hydrogen-bond donors (Lipinski definition) is 0. The van der Waals surface area contributed by atoms with Gasteiger partial charge in [0, 0.05) is 11.7 Å². The standard InChI is InChI=1S/C27H49NO5SSi/c1-10-12-13-14-15-16-18-34-26(31)20(3)24-23(21(4)33-35(8,9)27(5,6)7)25(30)28(24)19-22(29)32-17-11-2/h11,20-21,23-24H,2,10,12-19H2,1,3-9H3/t20-,21-,23-,24-/m1/s1. The van der Waals surface area contributed by atoms with Crippen LogP contribution in [0.3, 0.4) is 0 Å². The Morgan fingerprint density at radius 2 is 1.74 bits per heavy atom. The largest absolute Gasteiger partial charge is 0.460 e. The highest BCUT2D eigenvalue weighted by Gasteiger charge is 2.55. The lowest BCUT2D eigenvalue weighted by Crippen LogP contribution is -2.69. The molecule has 1 aliphatic rings. The first-order valence-electron chi connectivity index (χ1n) is 13.2. The van der Waals surface area contributed by atoms with E-state index in [1.807, 2.05) is 13.8 Å². The number of carbonyl (C=O) groups is 3. The fraction of sp³-hybridized carbons (Fsp3) is 0.815. The maximum atomic E-state index is 13.2. The molecule has 0 aromatic rings. The minimum Gasteiger partial charge on any atom is -0.460 e. The third kappa shape index (κ3) is 9.36. The van der Waals surface area contributed by atoms with Gasteiger partial charge < -0.3 is 14.1 Å². The highest BCUT2D eigenvalue weighted by atomic mass is 32.2. The molecule has 8 heteroatoms. The van der Waals surface area contributed by atoms with E-state index in [4.69, 9.17) is 9.16 Å². The molecule has 202 valence electrons. The summed E-state index contributed by atoms with van der Waals surface area (Å²) >= 11 is 1.35. The van der Waals surface area contributed by atoms with E-state index < -0.39 is 20.2 Å². The Morgan fingerprint density at radius 3 is 2.31 bits per heavy atom. The lowest BCUT2D eigenvalue weighted by Gasteiger charge is -2.52.